The summed E-state index contributed by atoms with van der Waals surface area (Å²) in [6.45, 7) is 3.74. The molecule has 1 rings (SSSR count). The van der Waals surface area contributed by atoms with Crippen LogP contribution in [0.15, 0.2) is 30.3 Å². The van der Waals surface area contributed by atoms with Gasteiger partial charge in [-0.2, -0.15) is 5.26 Å². The average Bonchev–Trinajstić information content (AvgIpc) is 2.63. The summed E-state index contributed by atoms with van der Waals surface area (Å²) in [6.07, 6.45) is 0.698. The third-order valence-corrected chi connectivity index (χ3v) is 5.05. The molecule has 0 bridgehead atoms. The van der Waals surface area contributed by atoms with E-state index in [2.05, 4.69) is 11.4 Å². The number of nitrogens with zero attached hydrogens (tertiary/aromatic N) is 1. The summed E-state index contributed by atoms with van der Waals surface area (Å²) in [5.41, 5.74) is 0.918. The van der Waals surface area contributed by atoms with Crippen molar-refractivity contribution in [1.29, 1.82) is 5.26 Å². The molecule has 0 aromatic heterocycles. The molecule has 0 fully saturated rings. The Balaban J connectivity index is 2.35. The Hall–Kier alpha value is -1.46. The lowest BCUT2D eigenvalue weighted by Crippen LogP contribution is -2.30. The van der Waals surface area contributed by atoms with Gasteiger partial charge in [-0.25, -0.2) is 0 Å². The maximum absolute atomic E-state index is 11.9. The number of carbonyl (C=O) groups excluding carboxylic acids is 1. The van der Waals surface area contributed by atoms with Crippen molar-refractivity contribution in [2.45, 2.75) is 24.5 Å². The molecule has 1 aromatic rings. The molecule has 1 amide bonds. The third kappa shape index (κ3) is 8.98. The van der Waals surface area contributed by atoms with Gasteiger partial charge in [0.25, 0.3) is 0 Å². The van der Waals surface area contributed by atoms with Gasteiger partial charge in [0.2, 0.25) is 5.91 Å². The Morgan fingerprint density at radius 1 is 1.32 bits per heavy atom. The van der Waals surface area contributed by atoms with Crippen molar-refractivity contribution in [1.82, 2.24) is 5.32 Å². The molecule has 7 heteroatoms. The lowest BCUT2D eigenvalue weighted by atomic mass is 10.1. The number of thioether (sulfide) groups is 1. The molecule has 0 saturated carbocycles. The second-order valence-corrected chi connectivity index (χ2v) is 7.73. The molecule has 1 atom stereocenters. The summed E-state index contributed by atoms with van der Waals surface area (Å²) in [6, 6.07) is 11.9. The minimum Gasteiger partial charge on any atom is -0.382 e. The minimum absolute atomic E-state index is 0.0944. The van der Waals surface area contributed by atoms with Crippen LogP contribution in [0.3, 0.4) is 0 Å². The summed E-state index contributed by atoms with van der Waals surface area (Å²) < 4.78 is 10.1. The monoisotopic (exact) mass is 380 g/mol. The number of nitriles is 1. The summed E-state index contributed by atoms with van der Waals surface area (Å²) in [4.78, 5) is 11.9. The highest BCUT2D eigenvalue weighted by Gasteiger charge is 2.27. The molecule has 25 heavy (non-hydrogen) atoms. The molecule has 1 unspecified atom stereocenters. The van der Waals surface area contributed by atoms with E-state index >= 15 is 0 Å². The van der Waals surface area contributed by atoms with Gasteiger partial charge in [-0.05, 0) is 18.9 Å². The lowest BCUT2D eigenvalue weighted by Gasteiger charge is -2.21. The van der Waals surface area contributed by atoms with E-state index in [9.17, 15) is 10.1 Å². The highest BCUT2D eigenvalue weighted by Crippen LogP contribution is 2.32. The van der Waals surface area contributed by atoms with Gasteiger partial charge in [-0.15, -0.1) is 0 Å². The van der Waals surface area contributed by atoms with E-state index in [1.807, 2.05) is 37.3 Å². The van der Waals surface area contributed by atoms with Crippen LogP contribution in [-0.2, 0) is 14.3 Å². The topological polar surface area (TPSA) is 71.3 Å². The van der Waals surface area contributed by atoms with Crippen molar-refractivity contribution in [3.05, 3.63) is 35.9 Å². The molecule has 0 saturated heterocycles. The van der Waals surface area contributed by atoms with Crippen molar-refractivity contribution in [2.75, 3.05) is 33.5 Å². The largest absolute Gasteiger partial charge is 0.382 e. The van der Waals surface area contributed by atoms with E-state index in [-0.39, 0.29) is 12.3 Å². The maximum atomic E-state index is 11.9. The zero-order valence-electron chi connectivity index (χ0n) is 14.6. The fraction of sp³-hybridized carbons (Fsp3) is 0.500. The number of amides is 1. The average molecular weight is 381 g/mol. The third-order valence-electron chi connectivity index (χ3n) is 3.39. The number of hydrogen-bond donors (Lipinski definition) is 1. The van der Waals surface area contributed by atoms with Crippen LogP contribution in [0.5, 0.6) is 0 Å². The number of carbonyl (C=O) groups is 1. The van der Waals surface area contributed by atoms with Crippen molar-refractivity contribution in [2.24, 2.45) is 0 Å². The van der Waals surface area contributed by atoms with Gasteiger partial charge in [0.15, 0.2) is 0 Å². The Kier molecular flexibility index (Phi) is 10.3. The predicted molar refractivity (Wildman–Crippen MR) is 105 cm³/mol. The Morgan fingerprint density at radius 3 is 2.68 bits per heavy atom. The Morgan fingerprint density at radius 2 is 2.04 bits per heavy atom. The van der Waals surface area contributed by atoms with Gasteiger partial charge in [-0.3, -0.25) is 4.79 Å². The quantitative estimate of drug-likeness (QED) is 0.470. The Labute approximate surface area is 159 Å². The number of nitrogens with one attached hydrogen (secondary N) is 1. The van der Waals surface area contributed by atoms with Gasteiger partial charge in [-0.1, -0.05) is 54.3 Å². The first-order valence-electron chi connectivity index (χ1n) is 8.04. The van der Waals surface area contributed by atoms with Crippen LogP contribution in [0.25, 0.3) is 0 Å². The second kappa shape index (κ2) is 12.0. The normalized spacial score (nSPS) is 12.8. The summed E-state index contributed by atoms with van der Waals surface area (Å²) >= 11 is 6.75. The fourth-order valence-electron chi connectivity index (χ4n) is 1.91. The van der Waals surface area contributed by atoms with Crippen LogP contribution in [-0.4, -0.2) is 48.3 Å². The molecule has 136 valence electrons. The number of methoxy groups -OCH3 is 1. The van der Waals surface area contributed by atoms with Gasteiger partial charge in [0.05, 0.1) is 30.1 Å². The Bertz CT molecular complexity index is 590. The highest BCUT2D eigenvalue weighted by molar-refractivity contribution is 8.24. The molecule has 1 N–H and O–H groups in total. The molecule has 0 spiro atoms. The van der Waals surface area contributed by atoms with E-state index in [4.69, 9.17) is 21.7 Å². The van der Waals surface area contributed by atoms with Gasteiger partial charge < -0.3 is 14.8 Å². The van der Waals surface area contributed by atoms with Crippen LogP contribution in [0.2, 0.25) is 0 Å². The second-order valence-electron chi connectivity index (χ2n) is 5.55. The van der Waals surface area contributed by atoms with Gasteiger partial charge in [0.1, 0.15) is 4.75 Å². The zero-order chi connectivity index (χ0) is 18.5. The molecule has 0 radical (unpaired) electrons. The summed E-state index contributed by atoms with van der Waals surface area (Å²) in [5, 5.41) is 12.3. The van der Waals surface area contributed by atoms with Crippen LogP contribution in [0.1, 0.15) is 25.3 Å². The van der Waals surface area contributed by atoms with Crippen molar-refractivity contribution >= 4 is 34.1 Å². The summed E-state index contributed by atoms with van der Waals surface area (Å²) in [7, 11) is 1.61. The van der Waals surface area contributed by atoms with Crippen molar-refractivity contribution < 1.29 is 14.3 Å². The molecule has 5 nitrogen and oxygen atoms in total. The van der Waals surface area contributed by atoms with E-state index in [0.29, 0.717) is 37.0 Å². The lowest BCUT2D eigenvalue weighted by molar-refractivity contribution is -0.121. The first-order valence-corrected chi connectivity index (χ1v) is 9.26. The molecule has 1 aromatic carbocycles. The molecule has 0 aliphatic rings. The number of rotatable bonds is 11. The van der Waals surface area contributed by atoms with Gasteiger partial charge in [0, 0.05) is 20.1 Å². The molecular formula is C18H24N2O3S2. The SMILES string of the molecule is COCCOCCNC(=O)CCC(C)(C#N)SC(=S)c1ccccc1. The molecule has 0 heterocycles. The summed E-state index contributed by atoms with van der Waals surface area (Å²) in [5.74, 6) is -0.0944. The van der Waals surface area contributed by atoms with E-state index in [1.54, 1.807) is 7.11 Å². The van der Waals surface area contributed by atoms with Gasteiger partial charge >= 0.3 is 0 Å². The fourth-order valence-corrected chi connectivity index (χ4v) is 3.52. The smallest absolute Gasteiger partial charge is 0.220 e. The molecule has 0 aliphatic heterocycles. The standard InChI is InChI=1S/C18H24N2O3S2/c1-18(14-19,25-17(24)15-6-4-3-5-7-15)9-8-16(21)20-10-11-23-13-12-22-2/h3-7H,8-13H2,1-2H3,(H,20,21). The van der Waals surface area contributed by atoms with Crippen LogP contribution in [0, 0.1) is 11.3 Å². The van der Waals surface area contributed by atoms with Crippen LogP contribution < -0.4 is 5.32 Å². The number of hydrogen-bond acceptors (Lipinski definition) is 6. The van der Waals surface area contributed by atoms with E-state index in [0.717, 1.165) is 5.56 Å². The van der Waals surface area contributed by atoms with Crippen molar-refractivity contribution in [3.8, 4) is 6.07 Å². The number of ether oxygens (including phenoxy) is 2. The molecule has 0 aliphatic carbocycles. The number of benzene rings is 1. The van der Waals surface area contributed by atoms with Crippen molar-refractivity contribution in [3.63, 3.8) is 0 Å². The van der Waals surface area contributed by atoms with E-state index in [1.165, 1.54) is 11.8 Å². The van der Waals surface area contributed by atoms with Crippen LogP contribution >= 0.6 is 24.0 Å². The first kappa shape index (κ1) is 21.6. The molecular weight excluding hydrogens is 356 g/mol. The minimum atomic E-state index is -0.737. The zero-order valence-corrected chi connectivity index (χ0v) is 16.3. The van der Waals surface area contributed by atoms with Crippen LogP contribution in [0.4, 0.5) is 0 Å². The highest BCUT2D eigenvalue weighted by atomic mass is 32.2. The number of thiocarbonyl (C=S) groups is 1. The predicted octanol–water partition coefficient (Wildman–Crippen LogP) is 2.94. The maximum Gasteiger partial charge on any atom is 0.220 e. The van der Waals surface area contributed by atoms with E-state index < -0.39 is 4.75 Å². The first-order chi connectivity index (χ1) is 12.0.